The number of rotatable bonds is 3. The lowest BCUT2D eigenvalue weighted by Gasteiger charge is -2.35. The molecule has 136 valence electrons. The Hall–Kier alpha value is -0.545. The third kappa shape index (κ3) is 5.77. The lowest BCUT2D eigenvalue weighted by Crippen LogP contribution is -2.49. The first-order valence-electron chi connectivity index (χ1n) is 9.77. The molecule has 4 nitrogen and oxygen atoms in total. The van der Waals surface area contributed by atoms with E-state index < -0.39 is 0 Å². The van der Waals surface area contributed by atoms with Crippen molar-refractivity contribution in [1.29, 1.82) is 0 Å². The van der Waals surface area contributed by atoms with Crippen LogP contribution in [0.1, 0.15) is 59.3 Å². The fraction of sp³-hybridized carbons (Fsp3) is 0.947. The van der Waals surface area contributed by atoms with Gasteiger partial charge >= 0.3 is 0 Å². The van der Waals surface area contributed by atoms with Crippen LogP contribution in [-0.2, 0) is 9.53 Å². The molecule has 2 fully saturated rings. The fourth-order valence-electron chi connectivity index (χ4n) is 4.01. The second-order valence-corrected chi connectivity index (χ2v) is 8.38. The third-order valence-electron chi connectivity index (χ3n) is 6.24. The van der Waals surface area contributed by atoms with Crippen molar-refractivity contribution in [2.24, 2.45) is 17.3 Å². The molecule has 0 spiro atoms. The minimum Gasteiger partial charge on any atom is -0.366 e. The van der Waals surface area contributed by atoms with Gasteiger partial charge in [0.25, 0.3) is 0 Å². The van der Waals surface area contributed by atoms with Crippen molar-refractivity contribution in [3.8, 4) is 0 Å². The highest BCUT2D eigenvalue weighted by Crippen LogP contribution is 2.38. The molecule has 2 N–H and O–H groups in total. The zero-order valence-electron chi connectivity index (χ0n) is 15.8. The van der Waals surface area contributed by atoms with Crippen molar-refractivity contribution in [2.45, 2.75) is 71.2 Å². The normalized spacial score (nSPS) is 39.1. The van der Waals surface area contributed by atoms with E-state index in [-0.39, 0.29) is 17.4 Å². The first-order chi connectivity index (χ1) is 11.4. The van der Waals surface area contributed by atoms with Crippen molar-refractivity contribution in [2.75, 3.05) is 26.2 Å². The Morgan fingerprint density at radius 3 is 2.67 bits per heavy atom. The number of morpholine rings is 1. The van der Waals surface area contributed by atoms with Gasteiger partial charge in [0.15, 0.2) is 0 Å². The molecule has 1 aliphatic carbocycles. The smallest absolute Gasteiger partial charge is 0.250 e. The lowest BCUT2D eigenvalue weighted by atomic mass is 9.66. The van der Waals surface area contributed by atoms with Crippen LogP contribution in [0.15, 0.2) is 0 Å². The summed E-state index contributed by atoms with van der Waals surface area (Å²) in [6.45, 7) is 9.75. The third-order valence-corrected chi connectivity index (χ3v) is 6.24. The molecule has 1 heterocycles. The topological polar surface area (TPSA) is 50.4 Å². The Morgan fingerprint density at radius 2 is 2.00 bits per heavy atom. The molecule has 1 saturated heterocycles. The first-order valence-corrected chi connectivity index (χ1v) is 9.77. The minimum atomic E-state index is -0.337. The fourth-order valence-corrected chi connectivity index (χ4v) is 4.01. The van der Waals surface area contributed by atoms with E-state index in [0.29, 0.717) is 30.8 Å². The van der Waals surface area contributed by atoms with Crippen LogP contribution in [0.25, 0.3) is 0 Å². The molecule has 0 aromatic carbocycles. The van der Waals surface area contributed by atoms with Gasteiger partial charge < -0.3 is 15.4 Å². The van der Waals surface area contributed by atoms with Gasteiger partial charge in [0.2, 0.25) is 5.91 Å². The standard InChI is InChI=1S/C19H35BN2O2/c1-14-6-4-8-19(3,9-5-7-16(20)15(14)2)13-22-18(23)17-12-21-10-11-24-17/h14-17,21H,4-13H2,1-3H3,(H,22,23)/t14?,15?,16?,17-,19?/m1/s1. The quantitative estimate of drug-likeness (QED) is 0.780. The molecule has 0 bridgehead atoms. The van der Waals surface area contributed by atoms with E-state index in [1.807, 2.05) is 0 Å². The Labute approximate surface area is 149 Å². The van der Waals surface area contributed by atoms with Crippen molar-refractivity contribution >= 4 is 13.8 Å². The van der Waals surface area contributed by atoms with Gasteiger partial charge in [-0.05, 0) is 30.1 Å². The van der Waals surface area contributed by atoms with Crippen LogP contribution in [0.2, 0.25) is 5.82 Å². The Balaban J connectivity index is 1.85. The van der Waals surface area contributed by atoms with E-state index >= 15 is 0 Å². The Bertz CT molecular complexity index is 383. The van der Waals surface area contributed by atoms with Crippen molar-refractivity contribution in [3.05, 3.63) is 0 Å². The molecule has 0 aromatic rings. The predicted molar refractivity (Wildman–Crippen MR) is 99.3 cm³/mol. The summed E-state index contributed by atoms with van der Waals surface area (Å²) in [5.41, 5.74) is 0.164. The highest BCUT2D eigenvalue weighted by molar-refractivity contribution is 6.11. The van der Waals surface area contributed by atoms with E-state index in [1.165, 1.54) is 19.3 Å². The maximum atomic E-state index is 12.3. The van der Waals surface area contributed by atoms with E-state index in [1.54, 1.807) is 0 Å². The highest BCUT2D eigenvalue weighted by Gasteiger charge is 2.29. The molecule has 4 unspecified atom stereocenters. The van der Waals surface area contributed by atoms with Gasteiger partial charge in [-0.2, -0.15) is 0 Å². The molecule has 0 aromatic heterocycles. The second kappa shape index (κ2) is 9.24. The molecule has 1 saturated carbocycles. The van der Waals surface area contributed by atoms with Gasteiger partial charge in [-0.3, -0.25) is 4.79 Å². The van der Waals surface area contributed by atoms with Crippen LogP contribution in [-0.4, -0.2) is 46.1 Å². The molecule has 2 aliphatic rings. The predicted octanol–water partition coefficient (Wildman–Crippen LogP) is 2.68. The summed E-state index contributed by atoms with van der Waals surface area (Å²) in [6, 6.07) is 0. The summed E-state index contributed by atoms with van der Waals surface area (Å²) in [4.78, 5) is 12.3. The maximum absolute atomic E-state index is 12.3. The summed E-state index contributed by atoms with van der Waals surface area (Å²) in [6.07, 6.45) is 6.64. The van der Waals surface area contributed by atoms with Gasteiger partial charge in [0.1, 0.15) is 6.10 Å². The molecular formula is C19H35BN2O2. The molecular weight excluding hydrogens is 299 g/mol. The summed E-state index contributed by atoms with van der Waals surface area (Å²) in [5, 5.41) is 6.35. The van der Waals surface area contributed by atoms with Crippen molar-refractivity contribution in [3.63, 3.8) is 0 Å². The monoisotopic (exact) mass is 334 g/mol. The maximum Gasteiger partial charge on any atom is 0.250 e. The van der Waals surface area contributed by atoms with Crippen LogP contribution in [0.5, 0.6) is 0 Å². The second-order valence-electron chi connectivity index (χ2n) is 8.38. The van der Waals surface area contributed by atoms with Crippen LogP contribution in [0, 0.1) is 17.3 Å². The number of hydrogen-bond acceptors (Lipinski definition) is 3. The lowest BCUT2D eigenvalue weighted by molar-refractivity contribution is -0.134. The summed E-state index contributed by atoms with van der Waals surface area (Å²) < 4.78 is 5.54. The molecule has 1 aliphatic heterocycles. The number of nitrogens with one attached hydrogen (secondary N) is 2. The van der Waals surface area contributed by atoms with Crippen LogP contribution in [0.3, 0.4) is 0 Å². The largest absolute Gasteiger partial charge is 0.366 e. The summed E-state index contributed by atoms with van der Waals surface area (Å²) >= 11 is 0. The SMILES string of the molecule is [B]C1CCCC(C)(CNC(=O)[C@H]2CNCCO2)CCCC(C)C1C. The minimum absolute atomic E-state index is 0.0270. The van der Waals surface area contributed by atoms with Crippen LogP contribution < -0.4 is 10.6 Å². The molecule has 5 heteroatoms. The number of carbonyl (C=O) groups excluding carboxylic acids is 1. The molecule has 2 rings (SSSR count). The average molecular weight is 334 g/mol. The number of carbonyl (C=O) groups is 1. The Morgan fingerprint density at radius 1 is 1.29 bits per heavy atom. The van der Waals surface area contributed by atoms with Gasteiger partial charge in [-0.25, -0.2) is 0 Å². The molecule has 1 amide bonds. The number of amides is 1. The van der Waals surface area contributed by atoms with Gasteiger partial charge in [0, 0.05) is 19.6 Å². The summed E-state index contributed by atoms with van der Waals surface area (Å²) in [7, 11) is 6.37. The van der Waals surface area contributed by atoms with E-state index in [2.05, 4.69) is 31.4 Å². The first kappa shape index (κ1) is 19.8. The van der Waals surface area contributed by atoms with Crippen LogP contribution >= 0.6 is 0 Å². The van der Waals surface area contributed by atoms with Crippen molar-refractivity contribution < 1.29 is 9.53 Å². The highest BCUT2D eigenvalue weighted by atomic mass is 16.5. The molecule has 2 radical (unpaired) electrons. The van der Waals surface area contributed by atoms with E-state index in [0.717, 1.165) is 32.4 Å². The van der Waals surface area contributed by atoms with Crippen LogP contribution in [0.4, 0.5) is 0 Å². The van der Waals surface area contributed by atoms with Gasteiger partial charge in [0.05, 0.1) is 14.5 Å². The number of ether oxygens (including phenoxy) is 1. The Kier molecular flexibility index (Phi) is 7.61. The van der Waals surface area contributed by atoms with Gasteiger partial charge in [-0.15, -0.1) is 0 Å². The number of hydrogen-bond donors (Lipinski definition) is 2. The van der Waals surface area contributed by atoms with E-state index in [4.69, 9.17) is 12.6 Å². The molecule has 5 atom stereocenters. The van der Waals surface area contributed by atoms with Crippen molar-refractivity contribution in [1.82, 2.24) is 10.6 Å². The molecule has 24 heavy (non-hydrogen) atoms. The average Bonchev–Trinajstić information content (AvgIpc) is 2.59. The van der Waals surface area contributed by atoms with E-state index in [9.17, 15) is 4.79 Å². The zero-order chi connectivity index (χ0) is 17.6. The zero-order valence-corrected chi connectivity index (χ0v) is 15.8. The summed E-state index contributed by atoms with van der Waals surface area (Å²) in [5.74, 6) is 1.61. The van der Waals surface area contributed by atoms with Gasteiger partial charge in [-0.1, -0.05) is 52.3 Å².